The molecule has 7 rings (SSSR count). The topological polar surface area (TPSA) is 12.0 Å². The third-order valence-electron chi connectivity index (χ3n) is 8.09. The second kappa shape index (κ2) is 8.35. The third-order valence-corrected chi connectivity index (χ3v) is 8.09. The zero-order valence-corrected chi connectivity index (χ0v) is 21.2. The number of hydrogen-bond donors (Lipinski definition) is 1. The fourth-order valence-corrected chi connectivity index (χ4v) is 6.26. The van der Waals surface area contributed by atoms with Gasteiger partial charge in [0.15, 0.2) is 0 Å². The van der Waals surface area contributed by atoms with Crippen LogP contribution in [0, 0.1) is 0 Å². The molecule has 0 amide bonds. The van der Waals surface area contributed by atoms with Crippen molar-refractivity contribution < 1.29 is 0 Å². The van der Waals surface area contributed by atoms with Crippen molar-refractivity contribution in [1.82, 2.24) is 5.32 Å². The highest BCUT2D eigenvalue weighted by atomic mass is 14.9. The Kier molecular flexibility index (Phi) is 4.94. The van der Waals surface area contributed by atoms with Crippen molar-refractivity contribution in [2.75, 3.05) is 0 Å². The van der Waals surface area contributed by atoms with Gasteiger partial charge in [-0.05, 0) is 73.5 Å². The van der Waals surface area contributed by atoms with Crippen LogP contribution < -0.4 is 5.32 Å². The fourth-order valence-electron chi connectivity index (χ4n) is 6.26. The van der Waals surface area contributed by atoms with E-state index in [1.807, 2.05) is 0 Å². The number of fused-ring (bicyclic) bond motifs is 4. The Morgan fingerprint density at radius 2 is 1.30 bits per heavy atom. The molecule has 37 heavy (non-hydrogen) atoms. The van der Waals surface area contributed by atoms with E-state index in [4.69, 9.17) is 0 Å². The normalized spacial score (nSPS) is 17.4. The highest BCUT2D eigenvalue weighted by Crippen LogP contribution is 2.53. The lowest BCUT2D eigenvalue weighted by atomic mass is 9.80. The highest BCUT2D eigenvalue weighted by Gasteiger charge is 2.38. The first-order valence-corrected chi connectivity index (χ1v) is 13.1. The molecule has 0 saturated heterocycles. The van der Waals surface area contributed by atoms with Gasteiger partial charge in [-0.15, -0.1) is 0 Å². The monoisotopic (exact) mass is 475 g/mol. The van der Waals surface area contributed by atoms with Crippen LogP contribution in [0.1, 0.15) is 47.7 Å². The van der Waals surface area contributed by atoms with Gasteiger partial charge in [0.25, 0.3) is 0 Å². The van der Waals surface area contributed by atoms with E-state index in [1.165, 1.54) is 55.3 Å². The molecule has 0 aromatic heterocycles. The first kappa shape index (κ1) is 21.9. The molecular weight excluding hydrogens is 446 g/mol. The van der Waals surface area contributed by atoms with E-state index in [2.05, 4.69) is 147 Å². The Bertz CT molecular complexity index is 1700. The molecule has 1 unspecified atom stereocenters. The van der Waals surface area contributed by atoms with Gasteiger partial charge in [-0.25, -0.2) is 0 Å². The summed E-state index contributed by atoms with van der Waals surface area (Å²) < 4.78 is 0. The number of dihydropyridines is 1. The van der Waals surface area contributed by atoms with Gasteiger partial charge in [0, 0.05) is 11.1 Å². The Balaban J connectivity index is 1.52. The van der Waals surface area contributed by atoms with Crippen LogP contribution in [0.3, 0.4) is 0 Å². The van der Waals surface area contributed by atoms with E-state index in [9.17, 15) is 0 Å². The molecule has 2 aliphatic rings. The summed E-state index contributed by atoms with van der Waals surface area (Å²) in [7, 11) is 0. The van der Waals surface area contributed by atoms with Crippen LogP contribution in [-0.2, 0) is 5.41 Å². The number of nitrogens with one attached hydrogen (secondary N) is 1. The number of benzene rings is 5. The Hall–Kier alpha value is -4.36. The predicted molar refractivity (Wildman–Crippen MR) is 156 cm³/mol. The summed E-state index contributed by atoms with van der Waals surface area (Å²) in [6, 6.07) is 41.7. The van der Waals surface area contributed by atoms with E-state index < -0.39 is 0 Å². The number of allylic oxidation sites excluding steroid dienone is 2. The minimum absolute atomic E-state index is 0.0252. The molecule has 1 heteroatoms. The molecule has 5 aromatic rings. The minimum Gasteiger partial charge on any atom is -0.374 e. The van der Waals surface area contributed by atoms with Crippen LogP contribution in [0.5, 0.6) is 0 Å². The van der Waals surface area contributed by atoms with Crippen molar-refractivity contribution >= 4 is 22.0 Å². The zero-order valence-electron chi connectivity index (χ0n) is 21.2. The summed E-state index contributed by atoms with van der Waals surface area (Å²) in [5, 5.41) is 6.56. The summed E-state index contributed by atoms with van der Waals surface area (Å²) in [4.78, 5) is 0. The molecule has 1 nitrogen and oxygen atoms in total. The third kappa shape index (κ3) is 3.46. The molecule has 0 fully saturated rings. The van der Waals surface area contributed by atoms with Gasteiger partial charge in [0.2, 0.25) is 0 Å². The molecule has 1 heterocycles. The largest absolute Gasteiger partial charge is 0.374 e. The zero-order chi connectivity index (χ0) is 25.0. The van der Waals surface area contributed by atoms with Crippen molar-refractivity contribution in [3.8, 4) is 11.1 Å². The first-order valence-electron chi connectivity index (χ1n) is 13.1. The Morgan fingerprint density at radius 3 is 2.08 bits per heavy atom. The predicted octanol–water partition coefficient (Wildman–Crippen LogP) is 8.92. The molecule has 0 saturated carbocycles. The molecule has 0 spiro atoms. The van der Waals surface area contributed by atoms with Crippen LogP contribution in [0.15, 0.2) is 127 Å². The average Bonchev–Trinajstić information content (AvgIpc) is 3.19. The molecule has 1 N–H and O–H groups in total. The molecule has 0 radical (unpaired) electrons. The second-order valence-electron chi connectivity index (χ2n) is 10.6. The van der Waals surface area contributed by atoms with E-state index >= 15 is 0 Å². The minimum atomic E-state index is -0.0521. The maximum atomic E-state index is 3.95. The molecular formula is C36H29N. The van der Waals surface area contributed by atoms with Crippen molar-refractivity contribution in [2.45, 2.75) is 25.3 Å². The van der Waals surface area contributed by atoms with Crippen LogP contribution in [0.4, 0.5) is 0 Å². The van der Waals surface area contributed by atoms with Crippen molar-refractivity contribution in [1.29, 1.82) is 0 Å². The molecule has 0 bridgehead atoms. The molecule has 178 valence electrons. The first-order chi connectivity index (χ1) is 18.1. The molecule has 1 aliphatic carbocycles. The second-order valence-corrected chi connectivity index (χ2v) is 10.6. The summed E-state index contributed by atoms with van der Waals surface area (Å²) in [5.41, 5.74) is 11.7. The van der Waals surface area contributed by atoms with Crippen LogP contribution in [0.25, 0.3) is 33.2 Å². The van der Waals surface area contributed by atoms with Gasteiger partial charge >= 0.3 is 0 Å². The Morgan fingerprint density at radius 1 is 0.649 bits per heavy atom. The van der Waals surface area contributed by atoms with Crippen LogP contribution in [0.2, 0.25) is 0 Å². The average molecular weight is 476 g/mol. The lowest BCUT2D eigenvalue weighted by molar-refractivity contribution is 0.660. The van der Waals surface area contributed by atoms with Gasteiger partial charge in [-0.3, -0.25) is 0 Å². The number of rotatable bonds is 3. The van der Waals surface area contributed by atoms with E-state index in [1.54, 1.807) is 0 Å². The SMILES string of the molecule is CC1(C)c2ccccc2-c2c1cc1ccccc1c2C1C=C(c2ccccc2)C=C(c2ccccc2)N1. The maximum absolute atomic E-state index is 3.95. The molecule has 1 atom stereocenters. The number of hydrogen-bond acceptors (Lipinski definition) is 1. The Labute approximate surface area is 218 Å². The van der Waals surface area contributed by atoms with Crippen molar-refractivity contribution in [3.63, 3.8) is 0 Å². The standard InChI is InChI=1S/C36H29N/c1-36(2)30-20-12-11-19-29(30)34-31(36)21-26-17-9-10-18-28(26)35(34)33-23-27(24-13-5-3-6-14-24)22-32(37-33)25-15-7-4-8-16-25/h3-23,33,37H,1-2H3. The summed E-state index contributed by atoms with van der Waals surface area (Å²) in [6.07, 6.45) is 4.71. The van der Waals surface area contributed by atoms with E-state index in [-0.39, 0.29) is 11.5 Å². The van der Waals surface area contributed by atoms with Crippen molar-refractivity contribution in [2.24, 2.45) is 0 Å². The smallest absolute Gasteiger partial charge is 0.0719 e. The van der Waals surface area contributed by atoms with Gasteiger partial charge in [-0.1, -0.05) is 123 Å². The van der Waals surface area contributed by atoms with Gasteiger partial charge < -0.3 is 5.32 Å². The quantitative estimate of drug-likeness (QED) is 0.275. The van der Waals surface area contributed by atoms with Crippen molar-refractivity contribution in [3.05, 3.63) is 155 Å². The van der Waals surface area contributed by atoms with Crippen LogP contribution >= 0.6 is 0 Å². The van der Waals surface area contributed by atoms with E-state index in [0.29, 0.717) is 0 Å². The lowest BCUT2D eigenvalue weighted by Crippen LogP contribution is -2.23. The highest BCUT2D eigenvalue weighted by molar-refractivity contribution is 5.99. The van der Waals surface area contributed by atoms with Gasteiger partial charge in [0.05, 0.1) is 6.04 Å². The maximum Gasteiger partial charge on any atom is 0.0719 e. The molecule has 5 aromatic carbocycles. The van der Waals surface area contributed by atoms with Gasteiger partial charge in [0.1, 0.15) is 0 Å². The van der Waals surface area contributed by atoms with Crippen LogP contribution in [-0.4, -0.2) is 0 Å². The summed E-state index contributed by atoms with van der Waals surface area (Å²) in [5.74, 6) is 0. The summed E-state index contributed by atoms with van der Waals surface area (Å²) >= 11 is 0. The lowest BCUT2D eigenvalue weighted by Gasteiger charge is -2.29. The van der Waals surface area contributed by atoms with Gasteiger partial charge in [-0.2, -0.15) is 0 Å². The fraction of sp³-hybridized carbons (Fsp3) is 0.111. The molecule has 1 aliphatic heterocycles. The summed E-state index contributed by atoms with van der Waals surface area (Å²) in [6.45, 7) is 4.73. The van der Waals surface area contributed by atoms with E-state index in [0.717, 1.165) is 5.70 Å².